The van der Waals surface area contributed by atoms with Crippen molar-refractivity contribution in [2.75, 3.05) is 6.54 Å². The van der Waals surface area contributed by atoms with Gasteiger partial charge in [-0.15, -0.1) is 0 Å². The molecule has 1 atom stereocenters. The third-order valence-corrected chi connectivity index (χ3v) is 4.87. The van der Waals surface area contributed by atoms with Crippen molar-refractivity contribution >= 4 is 17.8 Å². The van der Waals surface area contributed by atoms with Crippen molar-refractivity contribution in [2.45, 2.75) is 38.6 Å². The fourth-order valence-corrected chi connectivity index (χ4v) is 3.44. The first-order chi connectivity index (χ1) is 13.5. The van der Waals surface area contributed by atoms with Gasteiger partial charge in [-0.3, -0.25) is 14.4 Å². The number of rotatable bonds is 8. The minimum atomic E-state index is -1.00. The summed E-state index contributed by atoms with van der Waals surface area (Å²) >= 11 is 0. The monoisotopic (exact) mass is 380 g/mol. The van der Waals surface area contributed by atoms with Crippen LogP contribution >= 0.6 is 0 Å². The third kappa shape index (κ3) is 4.39. The zero-order valence-electron chi connectivity index (χ0n) is 15.8. The van der Waals surface area contributed by atoms with Crippen LogP contribution in [0.2, 0.25) is 0 Å². The first-order valence-electron chi connectivity index (χ1n) is 9.51. The summed E-state index contributed by atoms with van der Waals surface area (Å²) in [5.41, 5.74) is 5.08. The predicted octanol–water partition coefficient (Wildman–Crippen LogP) is 2.75. The molecule has 28 heavy (non-hydrogen) atoms. The summed E-state index contributed by atoms with van der Waals surface area (Å²) in [6, 6.07) is 12.8. The molecular weight excluding hydrogens is 356 g/mol. The summed E-state index contributed by atoms with van der Waals surface area (Å²) in [5.74, 6) is -1.73. The maximum Gasteiger partial charge on any atom is 0.303 e. The molecule has 0 aromatic heterocycles. The molecule has 2 aromatic carbocycles. The summed E-state index contributed by atoms with van der Waals surface area (Å²) in [6.45, 7) is 2.41. The maximum atomic E-state index is 12.7. The van der Waals surface area contributed by atoms with E-state index >= 15 is 0 Å². The van der Waals surface area contributed by atoms with Crippen molar-refractivity contribution < 1.29 is 19.5 Å². The highest BCUT2D eigenvalue weighted by Crippen LogP contribution is 2.36. The average Bonchev–Trinajstić information content (AvgIpc) is 3.06. The topological polar surface area (TPSA) is 95.5 Å². The van der Waals surface area contributed by atoms with E-state index in [1.54, 1.807) is 6.07 Å². The number of hydrogen-bond acceptors (Lipinski definition) is 3. The summed E-state index contributed by atoms with van der Waals surface area (Å²) in [4.78, 5) is 35.9. The Bertz CT molecular complexity index is 907. The average molecular weight is 380 g/mol. The Morgan fingerprint density at radius 3 is 2.57 bits per heavy atom. The van der Waals surface area contributed by atoms with E-state index in [2.05, 4.69) is 22.8 Å². The van der Waals surface area contributed by atoms with E-state index in [9.17, 15) is 14.4 Å². The Morgan fingerprint density at radius 1 is 1.07 bits per heavy atom. The van der Waals surface area contributed by atoms with Crippen molar-refractivity contribution in [3.05, 3.63) is 59.2 Å². The lowest BCUT2D eigenvalue weighted by Gasteiger charge is -2.18. The molecule has 0 fully saturated rings. The number of hydrogen-bond donors (Lipinski definition) is 3. The Hall–Kier alpha value is -3.15. The van der Waals surface area contributed by atoms with Gasteiger partial charge in [-0.2, -0.15) is 0 Å². The highest BCUT2D eigenvalue weighted by atomic mass is 16.4. The third-order valence-electron chi connectivity index (χ3n) is 4.87. The van der Waals surface area contributed by atoms with Crippen LogP contribution in [0.3, 0.4) is 0 Å². The van der Waals surface area contributed by atoms with E-state index < -0.39 is 12.0 Å². The number of carboxylic acids is 1. The second-order valence-electron chi connectivity index (χ2n) is 6.96. The van der Waals surface area contributed by atoms with Crippen molar-refractivity contribution in [1.29, 1.82) is 0 Å². The molecule has 6 heteroatoms. The highest BCUT2D eigenvalue weighted by molar-refractivity contribution is 5.98. The normalized spacial score (nSPS) is 12.6. The quantitative estimate of drug-likeness (QED) is 0.560. The SMILES string of the molecule is CCCNC(=O)[C@H](CCC(=O)O)NC(=O)c1ccc2c(c1)Cc1ccccc1-2. The van der Waals surface area contributed by atoms with Gasteiger partial charge in [-0.1, -0.05) is 37.3 Å². The molecule has 0 saturated heterocycles. The second-order valence-corrected chi connectivity index (χ2v) is 6.96. The van der Waals surface area contributed by atoms with Crippen LogP contribution in [-0.4, -0.2) is 35.5 Å². The Morgan fingerprint density at radius 2 is 1.82 bits per heavy atom. The standard InChI is InChI=1S/C22H24N2O4/c1-2-11-23-22(28)19(9-10-20(25)26)24-21(27)15-7-8-18-16(13-15)12-14-5-3-4-6-17(14)18/h3-8,13,19H,2,9-12H2,1H3,(H,23,28)(H,24,27)(H,25,26)/t19-/m0/s1. The van der Waals surface area contributed by atoms with E-state index in [0.29, 0.717) is 12.1 Å². The van der Waals surface area contributed by atoms with E-state index in [4.69, 9.17) is 5.11 Å². The smallest absolute Gasteiger partial charge is 0.303 e. The number of aliphatic carboxylic acids is 1. The number of benzene rings is 2. The number of carbonyl (C=O) groups is 3. The molecule has 2 aromatic rings. The van der Waals surface area contributed by atoms with Gasteiger partial charge >= 0.3 is 5.97 Å². The molecule has 3 rings (SSSR count). The first-order valence-corrected chi connectivity index (χ1v) is 9.51. The van der Waals surface area contributed by atoms with Gasteiger partial charge in [-0.25, -0.2) is 0 Å². The van der Waals surface area contributed by atoms with Crippen LogP contribution in [0.1, 0.15) is 47.7 Å². The minimum Gasteiger partial charge on any atom is -0.481 e. The fraction of sp³-hybridized carbons (Fsp3) is 0.318. The van der Waals surface area contributed by atoms with Crippen LogP contribution in [0, 0.1) is 0 Å². The number of nitrogens with one attached hydrogen (secondary N) is 2. The van der Waals surface area contributed by atoms with Gasteiger partial charge in [0.2, 0.25) is 5.91 Å². The van der Waals surface area contributed by atoms with Crippen LogP contribution in [0.15, 0.2) is 42.5 Å². The summed E-state index contributed by atoms with van der Waals surface area (Å²) < 4.78 is 0. The van der Waals surface area contributed by atoms with Crippen molar-refractivity contribution in [2.24, 2.45) is 0 Å². The molecule has 6 nitrogen and oxygen atoms in total. The maximum absolute atomic E-state index is 12.7. The lowest BCUT2D eigenvalue weighted by atomic mass is 10.0. The summed E-state index contributed by atoms with van der Waals surface area (Å²) in [5, 5.41) is 14.3. The molecule has 0 unspecified atom stereocenters. The van der Waals surface area contributed by atoms with Gasteiger partial charge in [0.15, 0.2) is 0 Å². The zero-order chi connectivity index (χ0) is 20.1. The van der Waals surface area contributed by atoms with E-state index in [0.717, 1.165) is 24.0 Å². The van der Waals surface area contributed by atoms with Crippen LogP contribution in [0.4, 0.5) is 0 Å². The Balaban J connectivity index is 1.74. The molecule has 1 aliphatic rings. The first kappa shape index (κ1) is 19.6. The Labute approximate surface area is 164 Å². The lowest BCUT2D eigenvalue weighted by Crippen LogP contribution is -2.47. The minimum absolute atomic E-state index is 0.0486. The molecule has 0 heterocycles. The molecule has 0 radical (unpaired) electrons. The van der Waals surface area contributed by atoms with Crippen molar-refractivity contribution in [1.82, 2.24) is 10.6 Å². The lowest BCUT2D eigenvalue weighted by molar-refractivity contribution is -0.137. The molecule has 146 valence electrons. The molecule has 1 aliphatic carbocycles. The zero-order valence-corrected chi connectivity index (χ0v) is 15.8. The van der Waals surface area contributed by atoms with Gasteiger partial charge in [0.25, 0.3) is 5.91 Å². The number of carbonyl (C=O) groups excluding carboxylic acids is 2. The number of carboxylic acid groups (broad SMARTS) is 1. The van der Waals surface area contributed by atoms with E-state index in [-0.39, 0.29) is 24.7 Å². The van der Waals surface area contributed by atoms with Crippen LogP contribution < -0.4 is 10.6 Å². The van der Waals surface area contributed by atoms with Crippen molar-refractivity contribution in [3.63, 3.8) is 0 Å². The van der Waals surface area contributed by atoms with E-state index in [1.165, 1.54) is 11.1 Å². The van der Waals surface area contributed by atoms with Gasteiger partial charge in [-0.05, 0) is 53.6 Å². The Kier molecular flexibility index (Phi) is 6.09. The molecule has 0 aliphatic heterocycles. The molecule has 2 amide bonds. The van der Waals surface area contributed by atoms with Gasteiger partial charge in [0.05, 0.1) is 0 Å². The molecule has 0 bridgehead atoms. The molecule has 0 saturated carbocycles. The van der Waals surface area contributed by atoms with E-state index in [1.807, 2.05) is 31.2 Å². The highest BCUT2D eigenvalue weighted by Gasteiger charge is 2.24. The molecule has 0 spiro atoms. The largest absolute Gasteiger partial charge is 0.481 e. The number of fused-ring (bicyclic) bond motifs is 3. The van der Waals surface area contributed by atoms with Crippen molar-refractivity contribution in [3.8, 4) is 11.1 Å². The van der Waals surface area contributed by atoms with Crippen LogP contribution in [-0.2, 0) is 16.0 Å². The fourth-order valence-electron chi connectivity index (χ4n) is 3.44. The number of amides is 2. The predicted molar refractivity (Wildman–Crippen MR) is 106 cm³/mol. The van der Waals surface area contributed by atoms with Gasteiger partial charge < -0.3 is 15.7 Å². The van der Waals surface area contributed by atoms with Crippen LogP contribution in [0.25, 0.3) is 11.1 Å². The van der Waals surface area contributed by atoms with Gasteiger partial charge in [0.1, 0.15) is 6.04 Å². The summed E-state index contributed by atoms with van der Waals surface area (Å²) in [7, 11) is 0. The second kappa shape index (κ2) is 8.69. The molecule has 3 N–H and O–H groups in total. The van der Waals surface area contributed by atoms with Crippen LogP contribution in [0.5, 0.6) is 0 Å². The van der Waals surface area contributed by atoms with Gasteiger partial charge in [0, 0.05) is 18.5 Å². The summed E-state index contributed by atoms with van der Waals surface area (Å²) in [6.07, 6.45) is 1.39. The molecular formula is C22H24N2O4.